The molecule has 9 rings (SSSR count). The third kappa shape index (κ3) is 2.76. The van der Waals surface area contributed by atoms with E-state index in [1.54, 1.807) is 0 Å². The zero-order valence-electron chi connectivity index (χ0n) is 22.8. The summed E-state index contributed by atoms with van der Waals surface area (Å²) in [4.78, 5) is 0. The van der Waals surface area contributed by atoms with Gasteiger partial charge in [-0.15, -0.1) is 0 Å². The highest BCUT2D eigenvalue weighted by molar-refractivity contribution is 6.25. The normalized spacial score (nSPS) is 19.9. The van der Waals surface area contributed by atoms with Gasteiger partial charge in [0.25, 0.3) is 0 Å². The van der Waals surface area contributed by atoms with Gasteiger partial charge >= 0.3 is 0 Å². The maximum absolute atomic E-state index is 12.8. The first-order chi connectivity index (χ1) is 20.6. The van der Waals surface area contributed by atoms with E-state index in [0.717, 1.165) is 77.2 Å². The van der Waals surface area contributed by atoms with Crippen molar-refractivity contribution in [1.29, 1.82) is 0 Å². The fourth-order valence-electron chi connectivity index (χ4n) is 7.79. The minimum Gasteiger partial charge on any atom is -0.376 e. The Kier molecular flexibility index (Phi) is 4.66. The van der Waals surface area contributed by atoms with Crippen LogP contribution in [0.1, 0.15) is 33.4 Å². The van der Waals surface area contributed by atoms with E-state index in [4.69, 9.17) is 0 Å². The molecule has 0 amide bonds. The molecule has 2 aliphatic carbocycles. The lowest BCUT2D eigenvalue weighted by Gasteiger charge is -2.41. The Balaban J connectivity index is 1.55. The summed E-state index contributed by atoms with van der Waals surface area (Å²) < 4.78 is 0. The largest absolute Gasteiger partial charge is 0.376 e. The minimum atomic E-state index is -1.32. The van der Waals surface area contributed by atoms with Crippen molar-refractivity contribution in [1.82, 2.24) is 0 Å². The summed E-state index contributed by atoms with van der Waals surface area (Å²) in [6.07, 6.45) is 0. The van der Waals surface area contributed by atoms with Gasteiger partial charge in [-0.05, 0) is 54.9 Å². The Labute approximate surface area is 243 Å². The van der Waals surface area contributed by atoms with E-state index >= 15 is 0 Å². The summed E-state index contributed by atoms with van der Waals surface area (Å²) in [5.74, 6) is 0. The molecule has 2 unspecified atom stereocenters. The lowest BCUT2D eigenvalue weighted by molar-refractivity contribution is 0.126. The first-order valence-electron chi connectivity index (χ1n) is 14.4. The summed E-state index contributed by atoms with van der Waals surface area (Å²) in [7, 11) is 0. The van der Waals surface area contributed by atoms with Crippen LogP contribution in [0.4, 0.5) is 0 Å². The molecule has 42 heavy (non-hydrogen) atoms. The molecule has 2 aliphatic rings. The van der Waals surface area contributed by atoms with Crippen molar-refractivity contribution in [2.45, 2.75) is 11.2 Å². The fourth-order valence-corrected chi connectivity index (χ4v) is 7.79. The summed E-state index contributed by atoms with van der Waals surface area (Å²) in [5, 5.41) is 30.0. The number of hydrogen-bond donors (Lipinski definition) is 2. The summed E-state index contributed by atoms with van der Waals surface area (Å²) in [5.41, 5.74) is 6.79. The van der Waals surface area contributed by atoms with Crippen LogP contribution in [-0.4, -0.2) is 10.2 Å². The monoisotopic (exact) mass is 538 g/mol. The molecule has 0 saturated heterocycles. The van der Waals surface area contributed by atoms with Crippen LogP contribution in [0.15, 0.2) is 146 Å². The Morgan fingerprint density at radius 2 is 0.690 bits per heavy atom. The smallest absolute Gasteiger partial charge is 0.141 e. The van der Waals surface area contributed by atoms with Crippen LogP contribution < -0.4 is 0 Å². The summed E-state index contributed by atoms with van der Waals surface area (Å²) in [6, 6.07) is 49.1. The van der Waals surface area contributed by atoms with Crippen molar-refractivity contribution in [3.05, 3.63) is 179 Å². The third-order valence-corrected chi connectivity index (χ3v) is 9.50. The van der Waals surface area contributed by atoms with Gasteiger partial charge in [-0.25, -0.2) is 0 Å². The lowest BCUT2D eigenvalue weighted by atomic mass is 9.64. The van der Waals surface area contributed by atoms with Crippen molar-refractivity contribution < 1.29 is 10.2 Å². The van der Waals surface area contributed by atoms with Crippen LogP contribution in [0.5, 0.6) is 0 Å². The summed E-state index contributed by atoms with van der Waals surface area (Å²) in [6.45, 7) is 0. The van der Waals surface area contributed by atoms with Crippen LogP contribution in [0.3, 0.4) is 0 Å². The molecule has 0 heterocycles. The summed E-state index contributed by atoms with van der Waals surface area (Å²) >= 11 is 0. The maximum atomic E-state index is 12.8. The third-order valence-electron chi connectivity index (χ3n) is 9.50. The molecular weight excluding hydrogens is 512 g/mol. The number of hydrogen-bond acceptors (Lipinski definition) is 2. The zero-order chi connectivity index (χ0) is 28.1. The highest BCUT2D eigenvalue weighted by atomic mass is 16.3. The van der Waals surface area contributed by atoms with Crippen molar-refractivity contribution >= 4 is 21.5 Å². The molecule has 2 nitrogen and oxygen atoms in total. The Morgan fingerprint density at radius 1 is 0.333 bits per heavy atom. The molecule has 0 fully saturated rings. The molecule has 0 spiro atoms. The van der Waals surface area contributed by atoms with Crippen LogP contribution >= 0.6 is 0 Å². The molecule has 7 aromatic carbocycles. The van der Waals surface area contributed by atoms with E-state index in [2.05, 4.69) is 72.8 Å². The van der Waals surface area contributed by atoms with E-state index in [-0.39, 0.29) is 0 Å². The van der Waals surface area contributed by atoms with Gasteiger partial charge in [0.05, 0.1) is 0 Å². The number of fused-ring (bicyclic) bond motifs is 6. The Hall–Kier alpha value is -5.02. The van der Waals surface area contributed by atoms with Gasteiger partial charge in [-0.2, -0.15) is 0 Å². The van der Waals surface area contributed by atoms with E-state index < -0.39 is 11.2 Å². The van der Waals surface area contributed by atoms with Crippen molar-refractivity contribution in [2.75, 3.05) is 0 Å². The fraction of sp³-hybridized carbons (Fsp3) is 0.0500. The average molecular weight is 539 g/mol. The van der Waals surface area contributed by atoms with Crippen molar-refractivity contribution in [3.8, 4) is 22.3 Å². The SMILES string of the molecule is OC1(c2ccccc2)c2ccccc2-c2c3c4c(cccc4c4cccc1c24)C(O)(c1ccccc1)c1ccccc1-3. The molecule has 2 atom stereocenters. The molecule has 0 aliphatic heterocycles. The van der Waals surface area contributed by atoms with Crippen LogP contribution in [-0.2, 0) is 11.2 Å². The highest BCUT2D eigenvalue weighted by Gasteiger charge is 2.46. The topological polar surface area (TPSA) is 40.5 Å². The minimum absolute atomic E-state index is 0.844. The van der Waals surface area contributed by atoms with Crippen LogP contribution in [0.25, 0.3) is 43.8 Å². The molecule has 198 valence electrons. The van der Waals surface area contributed by atoms with Gasteiger partial charge in [0.15, 0.2) is 0 Å². The predicted molar refractivity (Wildman–Crippen MR) is 169 cm³/mol. The first kappa shape index (κ1) is 23.7. The Morgan fingerprint density at radius 3 is 1.12 bits per heavy atom. The van der Waals surface area contributed by atoms with Gasteiger partial charge in [-0.3, -0.25) is 0 Å². The van der Waals surface area contributed by atoms with Gasteiger partial charge in [-0.1, -0.05) is 146 Å². The van der Waals surface area contributed by atoms with E-state index in [1.807, 2.05) is 72.8 Å². The number of aliphatic hydroxyl groups is 2. The molecule has 7 aromatic rings. The van der Waals surface area contributed by atoms with Gasteiger partial charge in [0, 0.05) is 22.3 Å². The van der Waals surface area contributed by atoms with Gasteiger partial charge in [0.2, 0.25) is 0 Å². The zero-order valence-corrected chi connectivity index (χ0v) is 22.8. The van der Waals surface area contributed by atoms with Crippen LogP contribution in [0, 0.1) is 0 Å². The second-order valence-electron chi connectivity index (χ2n) is 11.5. The standard InChI is InChI=1S/C40H26O2/c41-39(25-13-3-1-4-14-25)31-21-9-7-17-29(31)37-35-27(19-11-23-33(35)39)28-20-12-24-34-36(28)38(37)30-18-8-10-22-32(30)40(34,42)26-15-5-2-6-16-26/h1-24,41-42H. The van der Waals surface area contributed by atoms with Gasteiger partial charge in [0.1, 0.15) is 11.2 Å². The maximum Gasteiger partial charge on any atom is 0.141 e. The average Bonchev–Trinajstić information content (AvgIpc) is 3.06. The quantitative estimate of drug-likeness (QED) is 0.217. The van der Waals surface area contributed by atoms with E-state index in [1.165, 1.54) is 0 Å². The molecule has 0 saturated carbocycles. The van der Waals surface area contributed by atoms with Crippen molar-refractivity contribution in [2.24, 2.45) is 0 Å². The second-order valence-corrected chi connectivity index (χ2v) is 11.5. The Bertz CT molecular complexity index is 2060. The number of benzene rings is 7. The molecular formula is C40H26O2. The second kappa shape index (κ2) is 8.27. The van der Waals surface area contributed by atoms with E-state index in [9.17, 15) is 10.2 Å². The molecule has 0 bridgehead atoms. The molecule has 0 aromatic heterocycles. The highest BCUT2D eigenvalue weighted by Crippen LogP contribution is 2.59. The van der Waals surface area contributed by atoms with Gasteiger partial charge < -0.3 is 10.2 Å². The molecule has 2 heteroatoms. The van der Waals surface area contributed by atoms with Crippen molar-refractivity contribution in [3.63, 3.8) is 0 Å². The number of rotatable bonds is 2. The predicted octanol–water partition coefficient (Wildman–Crippen LogP) is 8.52. The molecule has 0 radical (unpaired) electrons. The molecule has 2 N–H and O–H groups in total. The lowest BCUT2D eigenvalue weighted by Crippen LogP contribution is -2.34. The van der Waals surface area contributed by atoms with E-state index in [0.29, 0.717) is 0 Å². The first-order valence-corrected chi connectivity index (χ1v) is 14.4. The van der Waals surface area contributed by atoms with Crippen LogP contribution in [0.2, 0.25) is 0 Å².